The fraction of sp³-hybridized carbons (Fsp3) is 0.417. The van der Waals surface area contributed by atoms with E-state index in [0.717, 1.165) is 25.5 Å². The molecule has 1 unspecified atom stereocenters. The fourth-order valence-electron chi connectivity index (χ4n) is 2.35. The van der Waals surface area contributed by atoms with E-state index in [9.17, 15) is 8.78 Å². The van der Waals surface area contributed by atoms with E-state index in [1.165, 1.54) is 6.07 Å². The third-order valence-corrected chi connectivity index (χ3v) is 3.53. The van der Waals surface area contributed by atoms with Gasteiger partial charge in [-0.25, -0.2) is 8.78 Å². The second-order valence-electron chi connectivity index (χ2n) is 4.46. The minimum Gasteiger partial charge on any atom is -0.376 e. The quantitative estimate of drug-likeness (QED) is 0.850. The summed E-state index contributed by atoms with van der Waals surface area (Å²) in [4.78, 5) is 2.78. The summed E-state index contributed by atoms with van der Waals surface area (Å²) < 4.78 is 34.5. The first-order valence-corrected chi connectivity index (χ1v) is 6.25. The molecule has 1 aliphatic rings. The highest BCUT2D eigenvalue weighted by atomic mass is 32.1. The van der Waals surface area contributed by atoms with E-state index in [1.54, 1.807) is 4.57 Å². The Kier molecular flexibility index (Phi) is 2.91. The van der Waals surface area contributed by atoms with Crippen molar-refractivity contribution in [2.24, 2.45) is 0 Å². The zero-order valence-corrected chi connectivity index (χ0v) is 10.4. The summed E-state index contributed by atoms with van der Waals surface area (Å²) in [5, 5.41) is 0. The summed E-state index contributed by atoms with van der Waals surface area (Å²) in [6.07, 6.45) is 2.04. The number of imidazole rings is 1. The Balaban J connectivity index is 2.09. The van der Waals surface area contributed by atoms with Crippen molar-refractivity contribution in [2.45, 2.75) is 25.5 Å². The molecule has 1 aliphatic heterocycles. The molecule has 1 saturated heterocycles. The molecule has 96 valence electrons. The van der Waals surface area contributed by atoms with Crippen LogP contribution < -0.4 is 0 Å². The first kappa shape index (κ1) is 11.8. The molecular weight excluding hydrogens is 258 g/mol. The lowest BCUT2D eigenvalue weighted by molar-refractivity contribution is 0.0976. The Morgan fingerprint density at radius 2 is 2.28 bits per heavy atom. The largest absolute Gasteiger partial charge is 0.376 e. The summed E-state index contributed by atoms with van der Waals surface area (Å²) in [5.74, 6) is -1.22. The average molecular weight is 270 g/mol. The number of aromatic nitrogens is 2. The van der Waals surface area contributed by atoms with Crippen molar-refractivity contribution in [1.82, 2.24) is 9.55 Å². The number of nitrogens with zero attached hydrogens (tertiary/aromatic N) is 1. The number of rotatable bonds is 2. The molecule has 2 heterocycles. The van der Waals surface area contributed by atoms with Crippen LogP contribution in [0.3, 0.4) is 0 Å². The topological polar surface area (TPSA) is 29.9 Å². The minimum atomic E-state index is -0.623. The Bertz CT molecular complexity index is 643. The Labute approximate surface area is 107 Å². The van der Waals surface area contributed by atoms with Gasteiger partial charge in [0.15, 0.2) is 10.6 Å². The van der Waals surface area contributed by atoms with E-state index in [0.29, 0.717) is 16.8 Å². The minimum absolute atomic E-state index is 0.0713. The van der Waals surface area contributed by atoms with Crippen LogP contribution in [0.2, 0.25) is 0 Å². The molecule has 3 nitrogen and oxygen atoms in total. The number of aromatic amines is 1. The van der Waals surface area contributed by atoms with Gasteiger partial charge in [-0.15, -0.1) is 0 Å². The van der Waals surface area contributed by atoms with Gasteiger partial charge in [0.1, 0.15) is 11.3 Å². The fourth-order valence-corrected chi connectivity index (χ4v) is 2.63. The van der Waals surface area contributed by atoms with Crippen molar-refractivity contribution in [3.63, 3.8) is 0 Å². The van der Waals surface area contributed by atoms with Crippen LogP contribution in [0.5, 0.6) is 0 Å². The van der Waals surface area contributed by atoms with E-state index in [-0.39, 0.29) is 11.6 Å². The summed E-state index contributed by atoms with van der Waals surface area (Å²) in [7, 11) is 0. The molecule has 0 saturated carbocycles. The second-order valence-corrected chi connectivity index (χ2v) is 4.84. The van der Waals surface area contributed by atoms with Crippen molar-refractivity contribution >= 4 is 23.3 Å². The number of H-pyrrole nitrogens is 1. The molecule has 0 radical (unpaired) electrons. The number of benzene rings is 1. The molecule has 0 aliphatic carbocycles. The van der Waals surface area contributed by atoms with Crippen LogP contribution in [0.15, 0.2) is 12.1 Å². The van der Waals surface area contributed by atoms with Crippen LogP contribution in [0, 0.1) is 16.4 Å². The molecule has 2 aromatic rings. The van der Waals surface area contributed by atoms with Crippen LogP contribution >= 0.6 is 12.2 Å². The highest BCUT2D eigenvalue weighted by Gasteiger charge is 2.19. The lowest BCUT2D eigenvalue weighted by atomic mass is 10.2. The van der Waals surface area contributed by atoms with E-state index in [4.69, 9.17) is 17.0 Å². The first-order valence-electron chi connectivity index (χ1n) is 5.84. The van der Waals surface area contributed by atoms with Crippen molar-refractivity contribution in [1.29, 1.82) is 0 Å². The molecule has 1 aromatic heterocycles. The van der Waals surface area contributed by atoms with Crippen molar-refractivity contribution in [3.05, 3.63) is 28.5 Å². The monoisotopic (exact) mass is 270 g/mol. The van der Waals surface area contributed by atoms with Gasteiger partial charge < -0.3 is 14.3 Å². The van der Waals surface area contributed by atoms with Gasteiger partial charge in [-0.3, -0.25) is 0 Å². The number of hydrogen-bond donors (Lipinski definition) is 1. The highest BCUT2D eigenvalue weighted by Crippen LogP contribution is 2.22. The maximum Gasteiger partial charge on any atom is 0.178 e. The molecule has 1 aromatic carbocycles. The average Bonchev–Trinajstić information content (AvgIpc) is 2.91. The Hall–Kier alpha value is -1.27. The van der Waals surface area contributed by atoms with Gasteiger partial charge in [0, 0.05) is 12.7 Å². The van der Waals surface area contributed by atoms with Gasteiger partial charge in [0.25, 0.3) is 0 Å². The number of halogens is 2. The van der Waals surface area contributed by atoms with E-state index < -0.39 is 11.6 Å². The van der Waals surface area contributed by atoms with Gasteiger partial charge in [-0.05, 0) is 31.1 Å². The smallest absolute Gasteiger partial charge is 0.178 e. The van der Waals surface area contributed by atoms with Crippen molar-refractivity contribution in [2.75, 3.05) is 6.61 Å². The van der Waals surface area contributed by atoms with Gasteiger partial charge >= 0.3 is 0 Å². The molecule has 0 spiro atoms. The summed E-state index contributed by atoms with van der Waals surface area (Å²) in [5.41, 5.74) is 0.701. The zero-order valence-electron chi connectivity index (χ0n) is 9.58. The van der Waals surface area contributed by atoms with E-state index in [1.807, 2.05) is 0 Å². The summed E-state index contributed by atoms with van der Waals surface area (Å²) in [6.45, 7) is 1.27. The highest BCUT2D eigenvalue weighted by molar-refractivity contribution is 7.71. The molecule has 0 bridgehead atoms. The third-order valence-electron chi connectivity index (χ3n) is 3.21. The Morgan fingerprint density at radius 3 is 3.00 bits per heavy atom. The van der Waals surface area contributed by atoms with Crippen LogP contribution in [0.4, 0.5) is 8.78 Å². The van der Waals surface area contributed by atoms with Crippen LogP contribution in [0.1, 0.15) is 12.8 Å². The van der Waals surface area contributed by atoms with Gasteiger partial charge in [-0.2, -0.15) is 0 Å². The maximum absolute atomic E-state index is 13.6. The van der Waals surface area contributed by atoms with Crippen LogP contribution in [-0.2, 0) is 11.3 Å². The van der Waals surface area contributed by atoms with E-state index >= 15 is 0 Å². The molecule has 6 heteroatoms. The number of ether oxygens (including phenoxy) is 1. The number of fused-ring (bicyclic) bond motifs is 1. The third kappa shape index (κ3) is 1.95. The van der Waals surface area contributed by atoms with Crippen molar-refractivity contribution < 1.29 is 13.5 Å². The standard InChI is InChI=1S/C12H12F2N2OS/c13-7-4-9(14)11-10(5-7)16(12(18)15-11)6-8-2-1-3-17-8/h4-5,8H,1-3,6H2,(H,15,18). The molecule has 0 amide bonds. The van der Waals surface area contributed by atoms with Gasteiger partial charge in [0.05, 0.1) is 18.2 Å². The molecule has 1 N–H and O–H groups in total. The van der Waals surface area contributed by atoms with Crippen LogP contribution in [-0.4, -0.2) is 22.3 Å². The second kappa shape index (κ2) is 4.44. The number of nitrogens with one attached hydrogen (secondary N) is 1. The number of hydrogen-bond acceptors (Lipinski definition) is 2. The molecular formula is C12H12F2N2OS. The predicted molar refractivity (Wildman–Crippen MR) is 66.0 cm³/mol. The molecule has 18 heavy (non-hydrogen) atoms. The lowest BCUT2D eigenvalue weighted by Gasteiger charge is -2.11. The van der Waals surface area contributed by atoms with Crippen molar-refractivity contribution in [3.8, 4) is 0 Å². The maximum atomic E-state index is 13.6. The zero-order chi connectivity index (χ0) is 12.7. The summed E-state index contributed by atoms with van der Waals surface area (Å²) >= 11 is 5.15. The van der Waals surface area contributed by atoms with Gasteiger partial charge in [-0.1, -0.05) is 0 Å². The molecule has 1 fully saturated rings. The Morgan fingerprint density at radius 1 is 1.44 bits per heavy atom. The van der Waals surface area contributed by atoms with Crippen LogP contribution in [0.25, 0.3) is 11.0 Å². The molecule has 1 atom stereocenters. The SMILES string of the molecule is Fc1cc(F)c2[nH]c(=S)n(CC3CCCO3)c2c1. The summed E-state index contributed by atoms with van der Waals surface area (Å²) in [6, 6.07) is 2.14. The normalized spacial score (nSPS) is 19.8. The lowest BCUT2D eigenvalue weighted by Crippen LogP contribution is -2.14. The molecule has 3 rings (SSSR count). The van der Waals surface area contributed by atoms with Gasteiger partial charge in [0.2, 0.25) is 0 Å². The first-order chi connectivity index (χ1) is 8.65. The predicted octanol–water partition coefficient (Wildman–Crippen LogP) is 3.16. The van der Waals surface area contributed by atoms with E-state index in [2.05, 4.69) is 4.98 Å².